The summed E-state index contributed by atoms with van der Waals surface area (Å²) in [4.78, 5) is 12.3. The maximum absolute atomic E-state index is 13.2. The van der Waals surface area contributed by atoms with E-state index >= 15 is 0 Å². The van der Waals surface area contributed by atoms with E-state index in [1.807, 2.05) is 30.3 Å². The highest BCUT2D eigenvalue weighted by Crippen LogP contribution is 2.25. The maximum atomic E-state index is 13.2. The molecule has 0 saturated heterocycles. The van der Waals surface area contributed by atoms with Gasteiger partial charge in [0, 0.05) is 10.5 Å². The molecular weight excluding hydrogens is 335 g/mol. The summed E-state index contributed by atoms with van der Waals surface area (Å²) in [6, 6.07) is 13.1. The predicted molar refractivity (Wildman–Crippen MR) is 85.3 cm³/mol. The van der Waals surface area contributed by atoms with Gasteiger partial charge in [-0.05, 0) is 39.7 Å². The molecule has 0 aliphatic rings. The van der Waals surface area contributed by atoms with Crippen molar-refractivity contribution in [3.63, 3.8) is 0 Å². The molecule has 2 aromatic carbocycles. The third kappa shape index (κ3) is 3.89. The van der Waals surface area contributed by atoms with Gasteiger partial charge in [0.25, 0.3) is 0 Å². The standard InChI is InChI=1S/C16H16BrFN2O/c1-10(15(19)11-5-3-2-4-6-11)16(21)20-14-9-12(18)7-8-13(14)17/h2-10,15H,19H2,1H3,(H,20,21). The maximum Gasteiger partial charge on any atom is 0.229 e. The monoisotopic (exact) mass is 350 g/mol. The van der Waals surface area contributed by atoms with Gasteiger partial charge in [-0.2, -0.15) is 0 Å². The minimum atomic E-state index is -0.442. The van der Waals surface area contributed by atoms with Gasteiger partial charge >= 0.3 is 0 Å². The first-order valence-electron chi connectivity index (χ1n) is 6.55. The van der Waals surface area contributed by atoms with Crippen LogP contribution in [0.3, 0.4) is 0 Å². The van der Waals surface area contributed by atoms with Crippen molar-refractivity contribution in [2.45, 2.75) is 13.0 Å². The highest BCUT2D eigenvalue weighted by Gasteiger charge is 2.22. The molecule has 2 atom stereocenters. The second-order valence-electron chi connectivity index (χ2n) is 4.84. The number of rotatable bonds is 4. The molecule has 2 aromatic rings. The number of benzene rings is 2. The smallest absolute Gasteiger partial charge is 0.229 e. The zero-order chi connectivity index (χ0) is 15.4. The number of halogens is 2. The van der Waals surface area contributed by atoms with Crippen LogP contribution in [0.15, 0.2) is 53.0 Å². The Morgan fingerprint density at radius 2 is 1.90 bits per heavy atom. The first-order valence-corrected chi connectivity index (χ1v) is 7.35. The summed E-state index contributed by atoms with van der Waals surface area (Å²) in [6.07, 6.45) is 0. The van der Waals surface area contributed by atoms with Gasteiger partial charge in [-0.1, -0.05) is 37.3 Å². The van der Waals surface area contributed by atoms with Crippen LogP contribution < -0.4 is 11.1 Å². The lowest BCUT2D eigenvalue weighted by atomic mass is 9.94. The van der Waals surface area contributed by atoms with Gasteiger partial charge in [0.1, 0.15) is 5.82 Å². The van der Waals surface area contributed by atoms with Crippen molar-refractivity contribution in [1.29, 1.82) is 0 Å². The van der Waals surface area contributed by atoms with Gasteiger partial charge in [-0.25, -0.2) is 4.39 Å². The Morgan fingerprint density at radius 1 is 1.24 bits per heavy atom. The summed E-state index contributed by atoms with van der Waals surface area (Å²) < 4.78 is 13.8. The molecule has 0 saturated carbocycles. The fourth-order valence-electron chi connectivity index (χ4n) is 1.97. The molecule has 0 aliphatic carbocycles. The number of anilines is 1. The molecule has 110 valence electrons. The quantitative estimate of drug-likeness (QED) is 0.879. The normalized spacial score (nSPS) is 13.5. The lowest BCUT2D eigenvalue weighted by Gasteiger charge is -2.20. The van der Waals surface area contributed by atoms with E-state index in [4.69, 9.17) is 5.73 Å². The summed E-state index contributed by atoms with van der Waals surface area (Å²) in [5, 5.41) is 2.70. The number of nitrogens with one attached hydrogen (secondary N) is 1. The highest BCUT2D eigenvalue weighted by atomic mass is 79.9. The molecule has 0 aliphatic heterocycles. The molecule has 5 heteroatoms. The van der Waals surface area contributed by atoms with Crippen LogP contribution >= 0.6 is 15.9 Å². The Hall–Kier alpha value is -1.72. The zero-order valence-corrected chi connectivity index (χ0v) is 13.1. The second-order valence-corrected chi connectivity index (χ2v) is 5.69. The van der Waals surface area contributed by atoms with Crippen LogP contribution in [0.25, 0.3) is 0 Å². The van der Waals surface area contributed by atoms with Crippen molar-refractivity contribution in [2.75, 3.05) is 5.32 Å². The number of carbonyl (C=O) groups excluding carboxylic acids is 1. The lowest BCUT2D eigenvalue weighted by Crippen LogP contribution is -2.30. The van der Waals surface area contributed by atoms with Crippen LogP contribution in [-0.4, -0.2) is 5.91 Å². The molecule has 1 amide bonds. The molecule has 2 unspecified atom stereocenters. The molecule has 3 nitrogen and oxygen atoms in total. The van der Waals surface area contributed by atoms with E-state index in [9.17, 15) is 9.18 Å². The van der Waals surface area contributed by atoms with Crippen molar-refractivity contribution in [3.8, 4) is 0 Å². The minimum absolute atomic E-state index is 0.252. The van der Waals surface area contributed by atoms with Crippen molar-refractivity contribution < 1.29 is 9.18 Å². The summed E-state index contributed by atoms with van der Waals surface area (Å²) in [7, 11) is 0. The van der Waals surface area contributed by atoms with E-state index in [-0.39, 0.29) is 5.91 Å². The summed E-state index contributed by atoms with van der Waals surface area (Å²) in [5.41, 5.74) is 7.40. The lowest BCUT2D eigenvalue weighted by molar-refractivity contribution is -0.120. The average molecular weight is 351 g/mol. The van der Waals surface area contributed by atoms with Crippen molar-refractivity contribution in [2.24, 2.45) is 11.7 Å². The largest absolute Gasteiger partial charge is 0.325 e. The van der Waals surface area contributed by atoms with Crippen LogP contribution in [0.4, 0.5) is 10.1 Å². The molecule has 0 heterocycles. The molecule has 0 bridgehead atoms. The third-order valence-corrected chi connectivity index (χ3v) is 4.01. The molecule has 0 spiro atoms. The number of hydrogen-bond acceptors (Lipinski definition) is 2. The fourth-order valence-corrected chi connectivity index (χ4v) is 2.31. The van der Waals surface area contributed by atoms with E-state index < -0.39 is 17.8 Å². The van der Waals surface area contributed by atoms with Gasteiger partial charge in [0.15, 0.2) is 0 Å². The Bertz CT molecular complexity index is 633. The third-order valence-electron chi connectivity index (χ3n) is 3.32. The minimum Gasteiger partial charge on any atom is -0.325 e. The molecular formula is C16H16BrFN2O. The molecule has 0 aromatic heterocycles. The molecule has 0 fully saturated rings. The van der Waals surface area contributed by atoms with E-state index in [2.05, 4.69) is 21.2 Å². The van der Waals surface area contributed by atoms with Gasteiger partial charge in [0.05, 0.1) is 11.6 Å². The summed E-state index contributed by atoms with van der Waals surface area (Å²) in [6.45, 7) is 1.75. The fraction of sp³-hybridized carbons (Fsp3) is 0.188. The highest BCUT2D eigenvalue weighted by molar-refractivity contribution is 9.10. The van der Waals surface area contributed by atoms with Crippen LogP contribution in [0.2, 0.25) is 0 Å². The number of nitrogens with two attached hydrogens (primary N) is 1. The van der Waals surface area contributed by atoms with Crippen molar-refractivity contribution in [3.05, 3.63) is 64.4 Å². The second kappa shape index (κ2) is 6.83. The van der Waals surface area contributed by atoms with Gasteiger partial charge < -0.3 is 11.1 Å². The van der Waals surface area contributed by atoms with Gasteiger partial charge in [-0.15, -0.1) is 0 Å². The zero-order valence-electron chi connectivity index (χ0n) is 11.5. The van der Waals surface area contributed by atoms with E-state index in [1.54, 1.807) is 13.0 Å². The van der Waals surface area contributed by atoms with Crippen molar-refractivity contribution in [1.82, 2.24) is 0 Å². The first-order chi connectivity index (χ1) is 9.99. The molecule has 0 radical (unpaired) electrons. The van der Waals surface area contributed by atoms with Crippen LogP contribution in [0, 0.1) is 11.7 Å². The van der Waals surface area contributed by atoms with Gasteiger partial charge in [0.2, 0.25) is 5.91 Å². The Balaban J connectivity index is 2.11. The Morgan fingerprint density at radius 3 is 2.57 bits per heavy atom. The number of hydrogen-bond donors (Lipinski definition) is 2. The van der Waals surface area contributed by atoms with E-state index in [1.165, 1.54) is 12.1 Å². The summed E-state index contributed by atoms with van der Waals surface area (Å²) >= 11 is 3.28. The topological polar surface area (TPSA) is 55.1 Å². The molecule has 3 N–H and O–H groups in total. The van der Waals surface area contributed by atoms with Crippen molar-refractivity contribution >= 4 is 27.5 Å². The average Bonchev–Trinajstić information content (AvgIpc) is 2.50. The SMILES string of the molecule is CC(C(=O)Nc1cc(F)ccc1Br)C(N)c1ccccc1. The van der Waals surface area contributed by atoms with Crippen LogP contribution in [0.1, 0.15) is 18.5 Å². The number of carbonyl (C=O) groups is 1. The first kappa shape index (κ1) is 15.7. The predicted octanol–water partition coefficient (Wildman–Crippen LogP) is 3.86. The molecule has 2 rings (SSSR count). The molecule has 21 heavy (non-hydrogen) atoms. The van der Waals surface area contributed by atoms with E-state index in [0.29, 0.717) is 10.2 Å². The Kier molecular flexibility index (Phi) is 5.09. The van der Waals surface area contributed by atoms with E-state index in [0.717, 1.165) is 5.56 Å². The summed E-state index contributed by atoms with van der Waals surface area (Å²) in [5.74, 6) is -1.10. The van der Waals surface area contributed by atoms with Crippen LogP contribution in [-0.2, 0) is 4.79 Å². The van der Waals surface area contributed by atoms with Gasteiger partial charge in [-0.3, -0.25) is 4.79 Å². The number of amides is 1. The van der Waals surface area contributed by atoms with Crippen LogP contribution in [0.5, 0.6) is 0 Å². The Labute approximate surface area is 131 Å².